The smallest absolute Gasteiger partial charge is 0.423 e. The number of amides is 3. The number of ether oxygens (including phenoxy) is 1. The number of carboxylic acid groups (broad SMARTS) is 1. The van der Waals surface area contributed by atoms with Gasteiger partial charge in [-0.1, -0.05) is 55.8 Å². The number of nitrogens with one attached hydrogen (secondary N) is 3. The highest BCUT2D eigenvalue weighted by molar-refractivity contribution is 7.89. The molecule has 3 amide bonds. The second kappa shape index (κ2) is 16.1. The van der Waals surface area contributed by atoms with Crippen LogP contribution in [0.25, 0.3) is 0 Å². The third-order valence-corrected chi connectivity index (χ3v) is 7.21. The van der Waals surface area contributed by atoms with Gasteiger partial charge in [-0.2, -0.15) is 4.90 Å². The van der Waals surface area contributed by atoms with Crippen LogP contribution in [0.4, 0.5) is 10.5 Å². The van der Waals surface area contributed by atoms with Gasteiger partial charge in [0.1, 0.15) is 12.6 Å². The number of aliphatic carboxylic acids is 1. The Hall–Kier alpha value is -4.30. The van der Waals surface area contributed by atoms with E-state index in [9.17, 15) is 32.7 Å². The van der Waals surface area contributed by atoms with Crippen molar-refractivity contribution in [3.63, 3.8) is 0 Å². The normalized spacial score (nSPS) is 11.7. The molecule has 222 valence electrons. The van der Waals surface area contributed by atoms with Crippen molar-refractivity contribution in [2.45, 2.75) is 58.1 Å². The van der Waals surface area contributed by atoms with Crippen molar-refractivity contribution in [1.29, 1.82) is 5.41 Å². The fourth-order valence-corrected chi connectivity index (χ4v) is 5.01. The molecule has 0 unspecified atom stereocenters. The van der Waals surface area contributed by atoms with Gasteiger partial charge in [0.2, 0.25) is 27.8 Å². The van der Waals surface area contributed by atoms with Gasteiger partial charge in [0, 0.05) is 18.5 Å². The number of nitrogens with zero attached hydrogens (tertiary/aromatic N) is 1. The molecule has 0 spiro atoms. The number of hydrogen-bond donors (Lipinski definition) is 5. The summed E-state index contributed by atoms with van der Waals surface area (Å²) in [5.74, 6) is -3.46. The Morgan fingerprint density at radius 2 is 1.66 bits per heavy atom. The van der Waals surface area contributed by atoms with Crippen LogP contribution in [0.15, 0.2) is 54.6 Å². The van der Waals surface area contributed by atoms with Gasteiger partial charge in [0.05, 0.1) is 5.75 Å². The zero-order chi connectivity index (χ0) is 30.4. The molecular formula is C27H35N5O8S. The minimum atomic E-state index is -3.74. The quantitative estimate of drug-likeness (QED) is 0.152. The number of nitrogens with two attached hydrogens (primary N) is 1. The maximum atomic E-state index is 12.5. The fraction of sp³-hybridized carbons (Fsp3) is 0.370. The van der Waals surface area contributed by atoms with Crippen LogP contribution in [0.3, 0.4) is 0 Å². The zero-order valence-corrected chi connectivity index (χ0v) is 23.5. The van der Waals surface area contributed by atoms with Crippen molar-refractivity contribution in [1.82, 2.24) is 9.62 Å². The second-order valence-electron chi connectivity index (χ2n) is 9.14. The number of hydrogen-bond acceptors (Lipinski definition) is 8. The van der Waals surface area contributed by atoms with E-state index in [0.29, 0.717) is 34.6 Å². The largest absolute Gasteiger partial charge is 0.480 e. The lowest BCUT2D eigenvalue weighted by molar-refractivity contribution is -0.139. The van der Waals surface area contributed by atoms with Crippen molar-refractivity contribution >= 4 is 45.5 Å². The predicted molar refractivity (Wildman–Crippen MR) is 151 cm³/mol. The van der Waals surface area contributed by atoms with E-state index in [4.69, 9.17) is 15.9 Å². The lowest BCUT2D eigenvalue weighted by atomic mass is 10.1. The van der Waals surface area contributed by atoms with Crippen molar-refractivity contribution in [3.8, 4) is 0 Å². The minimum Gasteiger partial charge on any atom is -0.480 e. The first-order valence-electron chi connectivity index (χ1n) is 12.9. The molecule has 0 saturated heterocycles. The van der Waals surface area contributed by atoms with E-state index < -0.39 is 45.9 Å². The lowest BCUT2D eigenvalue weighted by Gasteiger charge is -2.18. The van der Waals surface area contributed by atoms with Gasteiger partial charge < -0.3 is 20.9 Å². The Morgan fingerprint density at radius 1 is 1.00 bits per heavy atom. The predicted octanol–water partition coefficient (Wildman–Crippen LogP) is 2.57. The van der Waals surface area contributed by atoms with Gasteiger partial charge in [-0.25, -0.2) is 17.9 Å². The van der Waals surface area contributed by atoms with E-state index in [1.165, 1.54) is 0 Å². The number of unbranched alkanes of at least 4 members (excludes halogenated alkanes) is 1. The maximum Gasteiger partial charge on any atom is 0.423 e. The van der Waals surface area contributed by atoms with Crippen LogP contribution in [0.1, 0.15) is 50.2 Å². The Morgan fingerprint density at radius 3 is 2.24 bits per heavy atom. The molecule has 41 heavy (non-hydrogen) atoms. The summed E-state index contributed by atoms with van der Waals surface area (Å²) in [6, 6.07) is 13.7. The number of guanidine groups is 1. The van der Waals surface area contributed by atoms with Gasteiger partial charge in [-0.15, -0.1) is 0 Å². The van der Waals surface area contributed by atoms with Crippen LogP contribution in [0.2, 0.25) is 0 Å². The average molecular weight is 590 g/mol. The minimum absolute atomic E-state index is 0.0664. The van der Waals surface area contributed by atoms with E-state index >= 15 is 0 Å². The molecule has 0 aliphatic rings. The third-order valence-electron chi connectivity index (χ3n) is 5.74. The number of anilines is 1. The first-order valence-corrected chi connectivity index (χ1v) is 14.6. The molecule has 0 saturated carbocycles. The van der Waals surface area contributed by atoms with Crippen molar-refractivity contribution in [2.24, 2.45) is 5.73 Å². The summed E-state index contributed by atoms with van der Waals surface area (Å²) in [6.45, 7) is 1.72. The molecule has 2 aromatic rings. The van der Waals surface area contributed by atoms with Crippen LogP contribution < -0.4 is 15.8 Å². The maximum absolute atomic E-state index is 12.5. The van der Waals surface area contributed by atoms with E-state index in [1.807, 2.05) is 6.92 Å². The summed E-state index contributed by atoms with van der Waals surface area (Å²) in [5, 5.41) is 19.6. The summed E-state index contributed by atoms with van der Waals surface area (Å²) in [5.41, 5.74) is 7.04. The van der Waals surface area contributed by atoms with E-state index in [-0.39, 0.29) is 38.0 Å². The molecule has 2 rings (SSSR count). The number of rotatable bonds is 15. The molecule has 0 aromatic heterocycles. The van der Waals surface area contributed by atoms with Crippen LogP contribution in [0, 0.1) is 5.41 Å². The molecule has 0 heterocycles. The summed E-state index contributed by atoms with van der Waals surface area (Å²) < 4.78 is 31.5. The van der Waals surface area contributed by atoms with Crippen LogP contribution in [-0.4, -0.2) is 60.1 Å². The number of imide groups is 1. The third kappa shape index (κ3) is 11.8. The molecule has 1 atom stereocenters. The number of benzene rings is 2. The van der Waals surface area contributed by atoms with Crippen molar-refractivity contribution in [2.75, 3.05) is 11.1 Å². The van der Waals surface area contributed by atoms with Gasteiger partial charge >= 0.3 is 12.1 Å². The number of sulfonamides is 1. The molecular weight excluding hydrogens is 554 g/mol. The standard InChI is InChI=1S/C27H35N5O8S/c1-2-3-16-41(38,39)31-22(25(35)36)17-19-12-14-21(15-13-19)30-23(33)10-7-11-24(34)32(26(28)29)27(37)40-18-20-8-5-4-6-9-20/h4-6,8-9,12-15,22,31H,2-3,7,10-11,16-18H2,1H3,(H3,28,29)(H,30,33)(H,35,36)/t22-/m0/s1. The summed E-state index contributed by atoms with van der Waals surface area (Å²) in [7, 11) is -3.74. The fourth-order valence-electron chi connectivity index (χ4n) is 3.60. The number of carbonyl (C=O) groups is 4. The van der Waals surface area contributed by atoms with Crippen LogP contribution in [-0.2, 0) is 42.2 Å². The molecule has 13 nitrogen and oxygen atoms in total. The monoisotopic (exact) mass is 589 g/mol. The molecule has 0 bridgehead atoms. The number of carboxylic acids is 1. The Kier molecular flexibility index (Phi) is 12.9. The zero-order valence-electron chi connectivity index (χ0n) is 22.7. The highest BCUT2D eigenvalue weighted by atomic mass is 32.2. The SMILES string of the molecule is CCCCS(=O)(=O)N[C@@H](Cc1ccc(NC(=O)CCCC(=O)N(C(=N)N)C(=O)OCc2ccccc2)cc1)C(=O)O. The van der Waals surface area contributed by atoms with E-state index in [1.54, 1.807) is 54.6 Å². The second-order valence-corrected chi connectivity index (χ2v) is 11.0. The molecule has 2 aromatic carbocycles. The topological polar surface area (TPSA) is 209 Å². The van der Waals surface area contributed by atoms with Crippen LogP contribution >= 0.6 is 0 Å². The summed E-state index contributed by atoms with van der Waals surface area (Å²) in [6.07, 6.45) is -0.344. The number of carbonyl (C=O) groups excluding carboxylic acids is 3. The molecule has 0 radical (unpaired) electrons. The van der Waals surface area contributed by atoms with Gasteiger partial charge in [0.25, 0.3) is 0 Å². The van der Waals surface area contributed by atoms with Gasteiger partial charge in [-0.3, -0.25) is 19.8 Å². The summed E-state index contributed by atoms with van der Waals surface area (Å²) >= 11 is 0. The van der Waals surface area contributed by atoms with Crippen molar-refractivity contribution < 1.29 is 37.4 Å². The molecule has 0 aliphatic carbocycles. The molecule has 6 N–H and O–H groups in total. The van der Waals surface area contributed by atoms with E-state index in [2.05, 4.69) is 10.0 Å². The highest BCUT2D eigenvalue weighted by Gasteiger charge is 2.26. The first kappa shape index (κ1) is 32.9. The first-order chi connectivity index (χ1) is 19.4. The summed E-state index contributed by atoms with van der Waals surface area (Å²) in [4.78, 5) is 49.1. The molecule has 0 fully saturated rings. The van der Waals surface area contributed by atoms with E-state index in [0.717, 1.165) is 0 Å². The Balaban J connectivity index is 1.83. The lowest BCUT2D eigenvalue weighted by Crippen LogP contribution is -2.45. The molecule has 0 aliphatic heterocycles. The highest BCUT2D eigenvalue weighted by Crippen LogP contribution is 2.14. The van der Waals surface area contributed by atoms with Gasteiger partial charge in [0.15, 0.2) is 0 Å². The van der Waals surface area contributed by atoms with Crippen molar-refractivity contribution in [3.05, 3.63) is 65.7 Å². The Labute approximate surface area is 238 Å². The van der Waals surface area contributed by atoms with Gasteiger partial charge in [-0.05, 0) is 42.5 Å². The average Bonchev–Trinajstić information content (AvgIpc) is 2.91. The Bertz CT molecular complexity index is 1320. The van der Waals surface area contributed by atoms with Crippen LogP contribution in [0.5, 0.6) is 0 Å². The molecule has 14 heteroatoms.